The molecule has 2 rings (SSSR count). The topological polar surface area (TPSA) is 43.7 Å². The van der Waals surface area contributed by atoms with Gasteiger partial charge in [-0.2, -0.15) is 0 Å². The summed E-state index contributed by atoms with van der Waals surface area (Å²) in [5, 5.41) is 20.3. The molecule has 3 nitrogen and oxygen atoms in total. The van der Waals surface area contributed by atoms with E-state index >= 15 is 0 Å². The lowest BCUT2D eigenvalue weighted by Crippen LogP contribution is -2.27. The fraction of sp³-hybridized carbons (Fsp3) is 0.538. The Morgan fingerprint density at radius 3 is 2.78 bits per heavy atom. The molecule has 1 aliphatic rings. The van der Waals surface area contributed by atoms with E-state index in [4.69, 9.17) is 28.3 Å². The van der Waals surface area contributed by atoms with E-state index in [0.29, 0.717) is 28.1 Å². The van der Waals surface area contributed by atoms with Crippen LogP contribution in [0.4, 0.5) is 0 Å². The molecule has 1 aromatic rings. The van der Waals surface area contributed by atoms with E-state index in [0.717, 1.165) is 19.5 Å². The minimum Gasteiger partial charge on any atom is -0.396 e. The second-order valence-electron chi connectivity index (χ2n) is 4.78. The van der Waals surface area contributed by atoms with Crippen molar-refractivity contribution in [3.63, 3.8) is 0 Å². The number of benzene rings is 1. The van der Waals surface area contributed by atoms with Crippen LogP contribution in [0.3, 0.4) is 0 Å². The largest absolute Gasteiger partial charge is 0.396 e. The molecule has 1 fully saturated rings. The molecular weight excluding hydrogens is 273 g/mol. The summed E-state index contributed by atoms with van der Waals surface area (Å²) in [5.74, 6) is 0.331. The van der Waals surface area contributed by atoms with Crippen molar-refractivity contribution in [1.29, 1.82) is 0 Å². The standard InChI is InChI=1S/C13H17Cl2NO2/c14-10-1-2-11(12(15)5-10)13(18)7-16-4-3-9(6-16)8-17/h1-2,5,9,13,17-18H,3-4,6-8H2. The van der Waals surface area contributed by atoms with Crippen LogP contribution in [-0.2, 0) is 0 Å². The van der Waals surface area contributed by atoms with Gasteiger partial charge in [-0.25, -0.2) is 0 Å². The van der Waals surface area contributed by atoms with E-state index in [1.54, 1.807) is 18.2 Å². The Kier molecular flexibility index (Phi) is 4.87. The number of likely N-dealkylation sites (tertiary alicyclic amines) is 1. The Labute approximate surface area is 117 Å². The highest BCUT2D eigenvalue weighted by molar-refractivity contribution is 6.35. The summed E-state index contributed by atoms with van der Waals surface area (Å²) < 4.78 is 0. The third-order valence-electron chi connectivity index (χ3n) is 3.38. The molecule has 0 aliphatic carbocycles. The maximum absolute atomic E-state index is 10.2. The Hall–Kier alpha value is -0.320. The van der Waals surface area contributed by atoms with Crippen molar-refractivity contribution in [2.45, 2.75) is 12.5 Å². The summed E-state index contributed by atoms with van der Waals surface area (Å²) in [7, 11) is 0. The number of aliphatic hydroxyl groups excluding tert-OH is 2. The molecular formula is C13H17Cl2NO2. The lowest BCUT2D eigenvalue weighted by Gasteiger charge is -2.21. The molecule has 0 amide bonds. The first kappa shape index (κ1) is 14.1. The quantitative estimate of drug-likeness (QED) is 0.894. The van der Waals surface area contributed by atoms with Crippen LogP contribution in [0.1, 0.15) is 18.1 Å². The summed E-state index contributed by atoms with van der Waals surface area (Å²) in [6.45, 7) is 2.50. The van der Waals surface area contributed by atoms with Gasteiger partial charge in [0.05, 0.1) is 6.10 Å². The summed E-state index contributed by atoms with van der Waals surface area (Å²) in [5.41, 5.74) is 0.702. The van der Waals surface area contributed by atoms with Crippen molar-refractivity contribution in [3.8, 4) is 0 Å². The lowest BCUT2D eigenvalue weighted by molar-refractivity contribution is 0.121. The average molecular weight is 290 g/mol. The molecule has 0 spiro atoms. The smallest absolute Gasteiger partial charge is 0.0931 e. The van der Waals surface area contributed by atoms with Gasteiger partial charge in [0.25, 0.3) is 0 Å². The van der Waals surface area contributed by atoms with Gasteiger partial charge in [0.2, 0.25) is 0 Å². The second-order valence-corrected chi connectivity index (χ2v) is 5.62. The molecule has 0 saturated carbocycles. The zero-order valence-corrected chi connectivity index (χ0v) is 11.5. The van der Waals surface area contributed by atoms with E-state index in [1.165, 1.54) is 0 Å². The summed E-state index contributed by atoms with van der Waals surface area (Å²) in [4.78, 5) is 2.15. The lowest BCUT2D eigenvalue weighted by atomic mass is 10.1. The Morgan fingerprint density at radius 1 is 1.39 bits per heavy atom. The fourth-order valence-electron chi connectivity index (χ4n) is 2.34. The van der Waals surface area contributed by atoms with Crippen molar-refractivity contribution < 1.29 is 10.2 Å². The van der Waals surface area contributed by atoms with Gasteiger partial charge in [-0.3, -0.25) is 0 Å². The van der Waals surface area contributed by atoms with Crippen LogP contribution in [-0.4, -0.2) is 41.4 Å². The number of hydrogen-bond acceptors (Lipinski definition) is 3. The third kappa shape index (κ3) is 3.37. The Balaban J connectivity index is 1.97. The normalized spacial score (nSPS) is 22.3. The zero-order valence-electron chi connectivity index (χ0n) is 10.0. The van der Waals surface area contributed by atoms with E-state index < -0.39 is 6.10 Å². The molecule has 1 saturated heterocycles. The second kappa shape index (κ2) is 6.22. The molecule has 0 bridgehead atoms. The van der Waals surface area contributed by atoms with Crippen LogP contribution in [0.15, 0.2) is 18.2 Å². The molecule has 2 N–H and O–H groups in total. The fourth-order valence-corrected chi connectivity index (χ4v) is 2.88. The minimum absolute atomic E-state index is 0.217. The number of hydrogen-bond donors (Lipinski definition) is 2. The van der Waals surface area contributed by atoms with Gasteiger partial charge in [0.1, 0.15) is 0 Å². The number of nitrogens with zero attached hydrogens (tertiary/aromatic N) is 1. The molecule has 100 valence electrons. The molecule has 5 heteroatoms. The van der Waals surface area contributed by atoms with Gasteiger partial charge < -0.3 is 15.1 Å². The first-order valence-corrected chi connectivity index (χ1v) is 6.82. The van der Waals surface area contributed by atoms with Crippen molar-refractivity contribution in [3.05, 3.63) is 33.8 Å². The van der Waals surface area contributed by atoms with Crippen molar-refractivity contribution in [2.75, 3.05) is 26.2 Å². The molecule has 1 aromatic carbocycles. The van der Waals surface area contributed by atoms with Crippen molar-refractivity contribution >= 4 is 23.2 Å². The van der Waals surface area contributed by atoms with Gasteiger partial charge in [-0.15, -0.1) is 0 Å². The monoisotopic (exact) mass is 289 g/mol. The van der Waals surface area contributed by atoms with Gasteiger partial charge in [-0.1, -0.05) is 29.3 Å². The third-order valence-corrected chi connectivity index (χ3v) is 3.94. The van der Waals surface area contributed by atoms with Gasteiger partial charge in [0, 0.05) is 35.3 Å². The van der Waals surface area contributed by atoms with Gasteiger partial charge >= 0.3 is 0 Å². The number of aliphatic hydroxyl groups is 2. The Morgan fingerprint density at radius 2 is 2.17 bits per heavy atom. The van der Waals surface area contributed by atoms with E-state index in [9.17, 15) is 5.11 Å². The van der Waals surface area contributed by atoms with E-state index in [2.05, 4.69) is 4.90 Å². The first-order valence-electron chi connectivity index (χ1n) is 6.06. The number of rotatable bonds is 4. The first-order chi connectivity index (χ1) is 8.60. The van der Waals surface area contributed by atoms with Crippen LogP contribution in [0.5, 0.6) is 0 Å². The summed E-state index contributed by atoms with van der Waals surface area (Å²) >= 11 is 11.9. The van der Waals surface area contributed by atoms with Crippen LogP contribution >= 0.6 is 23.2 Å². The highest BCUT2D eigenvalue weighted by Gasteiger charge is 2.24. The minimum atomic E-state index is -0.618. The van der Waals surface area contributed by atoms with Crippen LogP contribution < -0.4 is 0 Å². The van der Waals surface area contributed by atoms with E-state index in [-0.39, 0.29) is 6.61 Å². The molecule has 0 aromatic heterocycles. The van der Waals surface area contributed by atoms with Crippen molar-refractivity contribution in [1.82, 2.24) is 4.90 Å². The number of β-amino-alcohol motifs (C(OH)–C–C–N with tert-alkyl or cyclic N) is 1. The molecule has 2 unspecified atom stereocenters. The average Bonchev–Trinajstić information content (AvgIpc) is 2.76. The molecule has 18 heavy (non-hydrogen) atoms. The molecule has 1 heterocycles. The maximum Gasteiger partial charge on any atom is 0.0931 e. The summed E-state index contributed by atoms with van der Waals surface area (Å²) in [6, 6.07) is 5.13. The highest BCUT2D eigenvalue weighted by atomic mass is 35.5. The predicted molar refractivity (Wildman–Crippen MR) is 73.1 cm³/mol. The summed E-state index contributed by atoms with van der Waals surface area (Å²) in [6.07, 6.45) is 0.365. The molecule has 0 radical (unpaired) electrons. The Bertz CT molecular complexity index is 414. The number of halogens is 2. The SMILES string of the molecule is OCC1CCN(CC(O)c2ccc(Cl)cc2Cl)C1. The predicted octanol–water partition coefficient (Wildman–Crippen LogP) is 2.34. The molecule has 2 atom stereocenters. The van der Waals surface area contributed by atoms with Gasteiger partial charge in [-0.05, 0) is 31.0 Å². The van der Waals surface area contributed by atoms with Crippen LogP contribution in [0.25, 0.3) is 0 Å². The maximum atomic E-state index is 10.2. The van der Waals surface area contributed by atoms with Crippen molar-refractivity contribution in [2.24, 2.45) is 5.92 Å². The highest BCUT2D eigenvalue weighted by Crippen LogP contribution is 2.28. The van der Waals surface area contributed by atoms with E-state index in [1.807, 2.05) is 0 Å². The van der Waals surface area contributed by atoms with Gasteiger partial charge in [0.15, 0.2) is 0 Å². The zero-order chi connectivity index (χ0) is 13.1. The molecule has 1 aliphatic heterocycles. The van der Waals surface area contributed by atoms with Crippen LogP contribution in [0.2, 0.25) is 10.0 Å². The van der Waals surface area contributed by atoms with Crippen LogP contribution in [0, 0.1) is 5.92 Å².